The Morgan fingerprint density at radius 2 is 1.94 bits per heavy atom. The average Bonchev–Trinajstić information content (AvgIpc) is 3.01. The molecular weight excluding hydrogens is 402 g/mol. The number of benzene rings is 1. The van der Waals surface area contributed by atoms with Crippen LogP contribution in [0.5, 0.6) is 0 Å². The number of aromatic nitrogens is 1. The van der Waals surface area contributed by atoms with Gasteiger partial charge in [0.1, 0.15) is 11.8 Å². The zero-order chi connectivity index (χ0) is 22.5. The third-order valence-electron chi connectivity index (χ3n) is 4.85. The summed E-state index contributed by atoms with van der Waals surface area (Å²) in [7, 11) is 0. The van der Waals surface area contributed by atoms with Gasteiger partial charge in [-0.15, -0.1) is 0 Å². The number of hydrogen-bond donors (Lipinski definition) is 1. The molecule has 1 aliphatic heterocycles. The molecule has 1 aromatic carbocycles. The summed E-state index contributed by atoms with van der Waals surface area (Å²) in [5.41, 5.74) is 0.397. The minimum atomic E-state index is -0.865. The van der Waals surface area contributed by atoms with Crippen LogP contribution in [0.3, 0.4) is 0 Å². The van der Waals surface area contributed by atoms with Gasteiger partial charge in [-0.25, -0.2) is 0 Å². The number of nitrogens with zero attached hydrogens (tertiary/aromatic N) is 3. The Balaban J connectivity index is 2.00. The van der Waals surface area contributed by atoms with E-state index < -0.39 is 28.4 Å². The molecule has 1 fully saturated rings. The fourth-order valence-electron chi connectivity index (χ4n) is 3.41. The second kappa shape index (κ2) is 9.48. The SMILES string of the molecule is CC(C)OCCCN1C(=O)C(=O)C(=C(O)c2ccc([N+](=O)[O-])cc2)[C@@H]1c1ccccn1. The number of rotatable bonds is 8. The minimum absolute atomic E-state index is 0.0455. The number of carbonyl (C=O) groups is 2. The van der Waals surface area contributed by atoms with E-state index in [4.69, 9.17) is 4.74 Å². The minimum Gasteiger partial charge on any atom is -0.507 e. The van der Waals surface area contributed by atoms with E-state index in [-0.39, 0.29) is 29.5 Å². The summed E-state index contributed by atoms with van der Waals surface area (Å²) in [6.07, 6.45) is 2.10. The number of nitro benzene ring substituents is 1. The normalized spacial score (nSPS) is 18.0. The highest BCUT2D eigenvalue weighted by molar-refractivity contribution is 6.46. The number of pyridine rings is 1. The van der Waals surface area contributed by atoms with E-state index >= 15 is 0 Å². The van der Waals surface area contributed by atoms with Crippen molar-refractivity contribution < 1.29 is 24.4 Å². The van der Waals surface area contributed by atoms with Crippen LogP contribution < -0.4 is 0 Å². The van der Waals surface area contributed by atoms with E-state index in [1.165, 1.54) is 29.2 Å². The van der Waals surface area contributed by atoms with E-state index in [0.717, 1.165) is 0 Å². The molecule has 0 radical (unpaired) electrons. The van der Waals surface area contributed by atoms with Crippen molar-refractivity contribution in [2.75, 3.05) is 13.2 Å². The lowest BCUT2D eigenvalue weighted by molar-refractivity contribution is -0.384. The number of carbonyl (C=O) groups excluding carboxylic acids is 2. The molecule has 2 aromatic rings. The van der Waals surface area contributed by atoms with Crippen LogP contribution >= 0.6 is 0 Å². The molecule has 1 saturated heterocycles. The highest BCUT2D eigenvalue weighted by atomic mass is 16.6. The summed E-state index contributed by atoms with van der Waals surface area (Å²) in [4.78, 5) is 41.6. The highest BCUT2D eigenvalue weighted by Gasteiger charge is 2.46. The molecule has 0 spiro atoms. The number of ether oxygens (including phenoxy) is 1. The Bertz CT molecular complexity index is 1000. The predicted octanol–water partition coefficient (Wildman–Crippen LogP) is 3.23. The second-order valence-corrected chi connectivity index (χ2v) is 7.32. The van der Waals surface area contributed by atoms with Crippen LogP contribution in [0.25, 0.3) is 5.76 Å². The van der Waals surface area contributed by atoms with E-state index in [2.05, 4.69) is 4.98 Å². The fourth-order valence-corrected chi connectivity index (χ4v) is 3.41. The summed E-state index contributed by atoms with van der Waals surface area (Å²) in [5, 5.41) is 21.8. The molecule has 0 aliphatic carbocycles. The molecule has 1 aliphatic rings. The smallest absolute Gasteiger partial charge is 0.295 e. The second-order valence-electron chi connectivity index (χ2n) is 7.32. The summed E-state index contributed by atoms with van der Waals surface area (Å²) in [6.45, 7) is 4.47. The van der Waals surface area contributed by atoms with Crippen molar-refractivity contribution in [3.8, 4) is 0 Å². The van der Waals surface area contributed by atoms with Crippen molar-refractivity contribution in [3.63, 3.8) is 0 Å². The van der Waals surface area contributed by atoms with Crippen LogP contribution in [0.4, 0.5) is 5.69 Å². The van der Waals surface area contributed by atoms with Gasteiger partial charge >= 0.3 is 0 Å². The fraction of sp³-hybridized carbons (Fsp3) is 0.318. The van der Waals surface area contributed by atoms with Crippen molar-refractivity contribution in [2.45, 2.75) is 32.4 Å². The van der Waals surface area contributed by atoms with E-state index in [9.17, 15) is 24.8 Å². The molecule has 2 heterocycles. The molecule has 0 saturated carbocycles. The number of aliphatic hydroxyl groups is 1. The summed E-state index contributed by atoms with van der Waals surface area (Å²) in [5.74, 6) is -1.95. The van der Waals surface area contributed by atoms with Gasteiger partial charge in [-0.05, 0) is 44.5 Å². The number of amides is 1. The van der Waals surface area contributed by atoms with Gasteiger partial charge in [-0.1, -0.05) is 6.07 Å². The largest absolute Gasteiger partial charge is 0.507 e. The van der Waals surface area contributed by atoms with Gasteiger partial charge in [0.2, 0.25) is 0 Å². The molecule has 9 nitrogen and oxygen atoms in total. The first kappa shape index (κ1) is 22.1. The van der Waals surface area contributed by atoms with Gasteiger partial charge in [0.05, 0.1) is 22.3 Å². The number of aliphatic hydroxyl groups excluding tert-OH is 1. The standard InChI is InChI=1S/C22H23N3O6/c1-14(2)31-13-5-12-24-19(17-6-3-4-11-23-17)18(21(27)22(24)28)20(26)15-7-9-16(10-8-15)25(29)30/h3-4,6-11,14,19,26H,5,12-13H2,1-2H3/t19-/m0/s1. The summed E-state index contributed by atoms with van der Waals surface area (Å²) in [6, 6.07) is 9.39. The quantitative estimate of drug-likeness (QED) is 0.172. The van der Waals surface area contributed by atoms with Crippen molar-refractivity contribution in [3.05, 3.63) is 75.6 Å². The topological polar surface area (TPSA) is 123 Å². The third-order valence-corrected chi connectivity index (χ3v) is 4.85. The lowest BCUT2D eigenvalue weighted by atomic mass is 9.98. The molecule has 31 heavy (non-hydrogen) atoms. The van der Waals surface area contributed by atoms with Gasteiger partial charge in [0, 0.05) is 37.0 Å². The van der Waals surface area contributed by atoms with E-state index in [1.807, 2.05) is 13.8 Å². The molecule has 0 bridgehead atoms. The van der Waals surface area contributed by atoms with Crippen LogP contribution in [0.15, 0.2) is 54.2 Å². The lowest BCUT2D eigenvalue weighted by Crippen LogP contribution is -2.31. The Labute approximate surface area is 179 Å². The number of likely N-dealkylation sites (tertiary alicyclic amines) is 1. The number of ketones is 1. The molecular formula is C22H23N3O6. The number of hydrogen-bond acceptors (Lipinski definition) is 7. The number of non-ortho nitro benzene ring substituents is 1. The molecule has 162 valence electrons. The average molecular weight is 425 g/mol. The van der Waals surface area contributed by atoms with Crippen molar-refractivity contribution >= 4 is 23.1 Å². The molecule has 1 N–H and O–H groups in total. The maximum Gasteiger partial charge on any atom is 0.295 e. The number of nitro groups is 1. The first-order valence-corrected chi connectivity index (χ1v) is 9.87. The monoisotopic (exact) mass is 425 g/mol. The van der Waals surface area contributed by atoms with Gasteiger partial charge in [-0.3, -0.25) is 24.7 Å². The van der Waals surface area contributed by atoms with Crippen molar-refractivity contribution in [2.24, 2.45) is 0 Å². The first-order chi connectivity index (χ1) is 14.8. The van der Waals surface area contributed by atoms with Crippen molar-refractivity contribution in [1.29, 1.82) is 0 Å². The van der Waals surface area contributed by atoms with Gasteiger partial charge in [0.25, 0.3) is 17.4 Å². The van der Waals surface area contributed by atoms with E-state index in [0.29, 0.717) is 18.7 Å². The molecule has 3 rings (SSSR count). The third kappa shape index (κ3) is 4.77. The maximum absolute atomic E-state index is 12.9. The highest BCUT2D eigenvalue weighted by Crippen LogP contribution is 2.38. The van der Waals surface area contributed by atoms with E-state index in [1.54, 1.807) is 24.4 Å². The van der Waals surface area contributed by atoms with Gasteiger partial charge < -0.3 is 14.7 Å². The van der Waals surface area contributed by atoms with Crippen LogP contribution in [-0.4, -0.2) is 50.9 Å². The predicted molar refractivity (Wildman–Crippen MR) is 112 cm³/mol. The Kier molecular flexibility index (Phi) is 6.76. The van der Waals surface area contributed by atoms with Crippen LogP contribution in [0.1, 0.15) is 37.6 Å². The lowest BCUT2D eigenvalue weighted by Gasteiger charge is -2.24. The molecule has 9 heteroatoms. The van der Waals surface area contributed by atoms with Crippen LogP contribution in [0, 0.1) is 10.1 Å². The van der Waals surface area contributed by atoms with Crippen molar-refractivity contribution in [1.82, 2.24) is 9.88 Å². The first-order valence-electron chi connectivity index (χ1n) is 9.87. The Morgan fingerprint density at radius 1 is 1.23 bits per heavy atom. The zero-order valence-corrected chi connectivity index (χ0v) is 17.2. The molecule has 1 amide bonds. The van der Waals surface area contributed by atoms with Crippen LogP contribution in [0.2, 0.25) is 0 Å². The summed E-state index contributed by atoms with van der Waals surface area (Å²) < 4.78 is 5.52. The molecule has 1 aromatic heterocycles. The Hall–Kier alpha value is -3.59. The molecule has 0 unspecified atom stereocenters. The number of Topliss-reactive ketones (excluding diaryl/α,β-unsaturated/α-hetero) is 1. The zero-order valence-electron chi connectivity index (χ0n) is 17.2. The van der Waals surface area contributed by atoms with Gasteiger partial charge in [-0.2, -0.15) is 0 Å². The maximum atomic E-state index is 12.9. The molecule has 1 atom stereocenters. The Morgan fingerprint density at radius 3 is 2.52 bits per heavy atom. The summed E-state index contributed by atoms with van der Waals surface area (Å²) >= 11 is 0. The van der Waals surface area contributed by atoms with Crippen LogP contribution in [-0.2, 0) is 14.3 Å². The van der Waals surface area contributed by atoms with Gasteiger partial charge in [0.15, 0.2) is 0 Å².